The largest absolute Gasteiger partial charge is 0.444 e. The molecule has 0 bridgehead atoms. The number of hydrogen-bond acceptors (Lipinski definition) is 4. The van der Waals surface area contributed by atoms with Gasteiger partial charge in [-0.05, 0) is 53.2 Å². The van der Waals surface area contributed by atoms with E-state index in [1.54, 1.807) is 48.3 Å². The highest BCUT2D eigenvalue weighted by Gasteiger charge is 2.17. The maximum absolute atomic E-state index is 12.4. The van der Waals surface area contributed by atoms with Crippen molar-refractivity contribution in [2.45, 2.75) is 13.0 Å². The zero-order valence-corrected chi connectivity index (χ0v) is 14.5. The van der Waals surface area contributed by atoms with Crippen LogP contribution in [0.15, 0.2) is 45.5 Å². The van der Waals surface area contributed by atoms with Gasteiger partial charge in [-0.3, -0.25) is 9.59 Å². The molecule has 1 aromatic heterocycles. The molecule has 23 heavy (non-hydrogen) atoms. The molecule has 0 aliphatic heterocycles. The number of hydrogen-bond donors (Lipinski definition) is 2. The Morgan fingerprint density at radius 2 is 2.09 bits per heavy atom. The van der Waals surface area contributed by atoms with Crippen LogP contribution in [-0.2, 0) is 0 Å². The summed E-state index contributed by atoms with van der Waals surface area (Å²) in [6.45, 7) is 2.25. The van der Waals surface area contributed by atoms with E-state index >= 15 is 0 Å². The summed E-state index contributed by atoms with van der Waals surface area (Å²) in [5.74, 6) is -0.355. The molecule has 0 saturated heterocycles. The molecule has 1 heterocycles. The number of amides is 2. The van der Waals surface area contributed by atoms with Gasteiger partial charge in [-0.25, -0.2) is 0 Å². The third-order valence-electron chi connectivity index (χ3n) is 3.49. The van der Waals surface area contributed by atoms with Crippen LogP contribution in [0.2, 0.25) is 0 Å². The molecule has 6 nitrogen and oxygen atoms in total. The zero-order chi connectivity index (χ0) is 17.0. The summed E-state index contributed by atoms with van der Waals surface area (Å²) < 4.78 is 5.67. The monoisotopic (exact) mass is 379 g/mol. The number of carbonyl (C=O) groups is 2. The van der Waals surface area contributed by atoms with Gasteiger partial charge in [0.15, 0.2) is 10.4 Å². The Hall–Kier alpha value is -2.12. The van der Waals surface area contributed by atoms with Crippen LogP contribution in [0.25, 0.3) is 0 Å². The van der Waals surface area contributed by atoms with Crippen LogP contribution < -0.4 is 11.1 Å². The molecule has 2 aromatic rings. The van der Waals surface area contributed by atoms with Crippen LogP contribution in [0.3, 0.4) is 0 Å². The van der Waals surface area contributed by atoms with Gasteiger partial charge in [-0.2, -0.15) is 0 Å². The number of nitrogens with two attached hydrogens (primary N) is 1. The molecule has 0 aliphatic rings. The van der Waals surface area contributed by atoms with Crippen molar-refractivity contribution in [2.24, 2.45) is 5.73 Å². The van der Waals surface area contributed by atoms with Gasteiger partial charge >= 0.3 is 0 Å². The van der Waals surface area contributed by atoms with E-state index in [4.69, 9.17) is 10.2 Å². The van der Waals surface area contributed by atoms with Crippen molar-refractivity contribution in [2.75, 3.05) is 18.9 Å². The Bertz CT molecular complexity index is 714. The Morgan fingerprint density at radius 1 is 1.35 bits per heavy atom. The fourth-order valence-corrected chi connectivity index (χ4v) is 2.23. The molecular formula is C16H18BrN3O3. The molecule has 7 heteroatoms. The van der Waals surface area contributed by atoms with Crippen molar-refractivity contribution in [3.63, 3.8) is 0 Å². The van der Waals surface area contributed by atoms with Gasteiger partial charge < -0.3 is 20.4 Å². The zero-order valence-electron chi connectivity index (χ0n) is 12.9. The molecule has 0 radical (unpaired) electrons. The lowest BCUT2D eigenvalue weighted by molar-refractivity contribution is 0.0748. The second-order valence-corrected chi connectivity index (χ2v) is 5.92. The lowest BCUT2D eigenvalue weighted by Crippen LogP contribution is -2.39. The van der Waals surface area contributed by atoms with Gasteiger partial charge in [-0.1, -0.05) is 6.07 Å². The highest BCUT2D eigenvalue weighted by atomic mass is 79.9. The molecule has 122 valence electrons. The number of rotatable bonds is 5. The fraction of sp³-hybridized carbons (Fsp3) is 0.250. The van der Waals surface area contributed by atoms with Gasteiger partial charge in [0.2, 0.25) is 0 Å². The number of likely N-dealkylation sites (N-methyl/N-ethyl adjacent to an activating group) is 1. The summed E-state index contributed by atoms with van der Waals surface area (Å²) in [7, 11) is 1.70. The molecule has 2 amide bonds. The topological polar surface area (TPSA) is 88.6 Å². The van der Waals surface area contributed by atoms with E-state index in [-0.39, 0.29) is 23.6 Å². The minimum Gasteiger partial charge on any atom is -0.444 e. The number of nitrogens with zero attached hydrogens (tertiary/aromatic N) is 1. The lowest BCUT2D eigenvalue weighted by atomic mass is 10.1. The van der Waals surface area contributed by atoms with Crippen molar-refractivity contribution >= 4 is 33.4 Å². The van der Waals surface area contributed by atoms with Gasteiger partial charge in [0, 0.05) is 30.9 Å². The van der Waals surface area contributed by atoms with Crippen molar-refractivity contribution < 1.29 is 14.0 Å². The standard InChI is InChI=1S/C16H18BrN3O3/c1-10(9-18)20(2)16(22)11-4-3-5-12(8-11)19-15(21)13-6-7-14(17)23-13/h3-8,10H,9,18H2,1-2H3,(H,19,21). The number of anilines is 1. The first-order valence-electron chi connectivity index (χ1n) is 7.06. The van der Waals surface area contributed by atoms with Gasteiger partial charge in [-0.15, -0.1) is 0 Å². The normalized spacial score (nSPS) is 11.8. The Kier molecular flexibility index (Phi) is 5.57. The maximum atomic E-state index is 12.4. The summed E-state index contributed by atoms with van der Waals surface area (Å²) in [6, 6.07) is 9.87. The quantitative estimate of drug-likeness (QED) is 0.835. The lowest BCUT2D eigenvalue weighted by Gasteiger charge is -2.23. The van der Waals surface area contributed by atoms with Crippen LogP contribution in [0.1, 0.15) is 27.8 Å². The van der Waals surface area contributed by atoms with E-state index in [9.17, 15) is 9.59 Å². The van der Waals surface area contributed by atoms with Crippen molar-refractivity contribution in [3.05, 3.63) is 52.4 Å². The van der Waals surface area contributed by atoms with Crippen molar-refractivity contribution in [1.82, 2.24) is 4.90 Å². The Morgan fingerprint density at radius 3 is 2.70 bits per heavy atom. The van der Waals surface area contributed by atoms with Crippen LogP contribution >= 0.6 is 15.9 Å². The van der Waals surface area contributed by atoms with E-state index < -0.39 is 0 Å². The minimum absolute atomic E-state index is 0.0683. The summed E-state index contributed by atoms with van der Waals surface area (Å²) in [5.41, 5.74) is 6.58. The predicted molar refractivity (Wildman–Crippen MR) is 91.4 cm³/mol. The molecule has 0 aliphatic carbocycles. The summed E-state index contributed by atoms with van der Waals surface area (Å²) in [6.07, 6.45) is 0. The summed E-state index contributed by atoms with van der Waals surface area (Å²) in [4.78, 5) is 26.0. The average Bonchev–Trinajstić information content (AvgIpc) is 2.99. The van der Waals surface area contributed by atoms with E-state index in [2.05, 4.69) is 21.2 Å². The van der Waals surface area contributed by atoms with Crippen molar-refractivity contribution in [3.8, 4) is 0 Å². The van der Waals surface area contributed by atoms with Crippen LogP contribution in [0.4, 0.5) is 5.69 Å². The second-order valence-electron chi connectivity index (χ2n) is 5.14. The molecule has 0 spiro atoms. The predicted octanol–water partition coefficient (Wildman–Crippen LogP) is 2.71. The van der Waals surface area contributed by atoms with E-state index in [1.807, 2.05) is 6.92 Å². The molecule has 3 N–H and O–H groups in total. The molecule has 1 unspecified atom stereocenters. The molecule has 1 aromatic carbocycles. The van der Waals surface area contributed by atoms with Gasteiger partial charge in [0.1, 0.15) is 0 Å². The first kappa shape index (κ1) is 17.2. The average molecular weight is 380 g/mol. The SMILES string of the molecule is CC(CN)N(C)C(=O)c1cccc(NC(=O)c2ccc(Br)o2)c1. The van der Waals surface area contributed by atoms with E-state index in [1.165, 1.54) is 0 Å². The van der Waals surface area contributed by atoms with Crippen molar-refractivity contribution in [1.29, 1.82) is 0 Å². The van der Waals surface area contributed by atoms with Gasteiger partial charge in [0.05, 0.1) is 0 Å². The molecular weight excluding hydrogens is 362 g/mol. The maximum Gasteiger partial charge on any atom is 0.291 e. The summed E-state index contributed by atoms with van der Waals surface area (Å²) in [5, 5.41) is 2.70. The number of benzene rings is 1. The van der Waals surface area contributed by atoms with Crippen LogP contribution in [-0.4, -0.2) is 36.3 Å². The van der Waals surface area contributed by atoms with E-state index in [0.29, 0.717) is 22.5 Å². The molecule has 0 fully saturated rings. The Balaban J connectivity index is 2.13. The third kappa shape index (κ3) is 4.20. The number of halogens is 1. The van der Waals surface area contributed by atoms with Crippen LogP contribution in [0, 0.1) is 0 Å². The third-order valence-corrected chi connectivity index (χ3v) is 3.91. The fourth-order valence-electron chi connectivity index (χ4n) is 1.92. The first-order chi connectivity index (χ1) is 10.9. The first-order valence-corrected chi connectivity index (χ1v) is 7.85. The Labute approximate surface area is 142 Å². The number of carbonyl (C=O) groups excluding carboxylic acids is 2. The number of furan rings is 1. The van der Waals surface area contributed by atoms with Crippen LogP contribution in [0.5, 0.6) is 0 Å². The highest BCUT2D eigenvalue weighted by molar-refractivity contribution is 9.10. The summed E-state index contributed by atoms with van der Waals surface area (Å²) >= 11 is 3.15. The van der Waals surface area contributed by atoms with E-state index in [0.717, 1.165) is 0 Å². The smallest absolute Gasteiger partial charge is 0.291 e. The number of nitrogens with one attached hydrogen (secondary N) is 1. The molecule has 1 atom stereocenters. The second kappa shape index (κ2) is 7.43. The highest BCUT2D eigenvalue weighted by Crippen LogP contribution is 2.17. The molecule has 2 rings (SSSR count). The minimum atomic E-state index is -0.385. The van der Waals surface area contributed by atoms with Gasteiger partial charge in [0.25, 0.3) is 11.8 Å². The molecule has 0 saturated carbocycles.